The van der Waals surface area contributed by atoms with Crippen LogP contribution in [0.5, 0.6) is 0 Å². The summed E-state index contributed by atoms with van der Waals surface area (Å²) in [6.07, 6.45) is -4.29. The first kappa shape index (κ1) is 17.7. The zero-order valence-electron chi connectivity index (χ0n) is 11.2. The van der Waals surface area contributed by atoms with Gasteiger partial charge in [0.15, 0.2) is 0 Å². The Morgan fingerprint density at radius 2 is 1.50 bits per heavy atom. The number of halogens is 4. The molecular formula is C15H8ClF3S2Zn. The summed E-state index contributed by atoms with van der Waals surface area (Å²) in [5.41, 5.74) is 0.181. The summed E-state index contributed by atoms with van der Waals surface area (Å²) in [6.45, 7) is 0. The maximum absolute atomic E-state index is 12.5. The topological polar surface area (TPSA) is 0 Å². The van der Waals surface area contributed by atoms with Gasteiger partial charge in [0.2, 0.25) is 0 Å². The predicted molar refractivity (Wildman–Crippen MR) is 82.8 cm³/mol. The van der Waals surface area contributed by atoms with E-state index in [1.165, 1.54) is 23.5 Å². The maximum atomic E-state index is 12.5. The number of thiophene rings is 2. The Balaban J connectivity index is 0.000000847. The van der Waals surface area contributed by atoms with Crippen molar-refractivity contribution in [3.8, 4) is 20.2 Å². The molecule has 0 amide bonds. The van der Waals surface area contributed by atoms with E-state index in [0.29, 0.717) is 0 Å². The second-order valence-electron chi connectivity index (χ2n) is 4.16. The van der Waals surface area contributed by atoms with Crippen molar-refractivity contribution in [2.45, 2.75) is 6.18 Å². The van der Waals surface area contributed by atoms with Crippen molar-refractivity contribution in [1.29, 1.82) is 0 Å². The van der Waals surface area contributed by atoms with Crippen LogP contribution in [-0.2, 0) is 23.5 Å². The second kappa shape index (κ2) is 7.73. The molecule has 0 nitrogen and oxygen atoms in total. The van der Waals surface area contributed by atoms with Gasteiger partial charge in [-0.3, -0.25) is 11.3 Å². The molecule has 0 saturated heterocycles. The fraction of sp³-hybridized carbons (Fsp3) is 0.0667. The van der Waals surface area contributed by atoms with Gasteiger partial charge in [-0.2, -0.15) is 25.3 Å². The Bertz CT molecular complexity index is 703. The van der Waals surface area contributed by atoms with E-state index in [1.807, 2.05) is 24.3 Å². The number of benzene rings is 1. The molecule has 0 atom stereocenters. The van der Waals surface area contributed by atoms with Crippen molar-refractivity contribution in [2.75, 3.05) is 0 Å². The quantitative estimate of drug-likeness (QED) is 0.328. The van der Waals surface area contributed by atoms with Crippen LogP contribution in [0, 0.1) is 5.38 Å². The molecule has 0 aliphatic rings. The van der Waals surface area contributed by atoms with E-state index in [2.05, 4.69) is 5.38 Å². The van der Waals surface area contributed by atoms with Crippen LogP contribution in [0.2, 0.25) is 0 Å². The molecule has 3 rings (SSSR count). The summed E-state index contributed by atoms with van der Waals surface area (Å²) < 4.78 is 37.5. The van der Waals surface area contributed by atoms with Gasteiger partial charge in [-0.25, -0.2) is 0 Å². The third kappa shape index (κ3) is 4.20. The van der Waals surface area contributed by atoms with Crippen molar-refractivity contribution >= 4 is 32.4 Å². The van der Waals surface area contributed by atoms with Crippen molar-refractivity contribution in [1.82, 2.24) is 0 Å². The number of hydrogen-bond donors (Lipinski definition) is 0. The monoisotopic (exact) mass is 408 g/mol. The molecule has 22 heavy (non-hydrogen) atoms. The second-order valence-corrected chi connectivity index (χ2v) is 6.12. The van der Waals surface area contributed by atoms with E-state index in [9.17, 15) is 13.2 Å². The van der Waals surface area contributed by atoms with E-state index in [1.54, 1.807) is 11.3 Å². The summed E-state index contributed by atoms with van der Waals surface area (Å²) in [5.74, 6) is 0. The van der Waals surface area contributed by atoms with Crippen LogP contribution >= 0.6 is 32.4 Å². The van der Waals surface area contributed by atoms with Crippen molar-refractivity contribution in [2.24, 2.45) is 0 Å². The number of rotatable bonds is 2. The van der Waals surface area contributed by atoms with Gasteiger partial charge in [0.1, 0.15) is 0 Å². The predicted octanol–water partition coefficient (Wildman–Crippen LogP) is 6.65. The van der Waals surface area contributed by atoms with Crippen LogP contribution in [0.4, 0.5) is 13.2 Å². The molecule has 7 heteroatoms. The molecule has 0 spiro atoms. The standard InChI is InChI=1S/C15H8F3S2.ClH.Zn/c16-15(17,18)11-5-3-10(4-6-11)12-7-8-14(20-12)13-2-1-9-19-13;;/h1-8H;1H;/q-1;;+2/p-1. The minimum atomic E-state index is -4.29. The minimum absolute atomic E-state index is 0.620. The fourth-order valence-corrected chi connectivity index (χ4v) is 3.57. The normalized spacial score (nSPS) is 11.0. The van der Waals surface area contributed by atoms with E-state index in [0.717, 1.165) is 49.6 Å². The first-order valence-corrected chi connectivity index (χ1v) is 11.6. The first-order chi connectivity index (χ1) is 10.5. The SMILES string of the molecule is FC(F)(F)c1ccc(-c2ccc(-c3cc[c-]s3)s2)cc1.[Cl][Zn+]. The van der Waals surface area contributed by atoms with Crippen LogP contribution in [0.3, 0.4) is 0 Å². The fourth-order valence-electron chi connectivity index (χ4n) is 1.82. The Morgan fingerprint density at radius 1 is 0.864 bits per heavy atom. The molecule has 0 radical (unpaired) electrons. The molecule has 3 aromatic rings. The summed E-state index contributed by atoms with van der Waals surface area (Å²) in [6, 6.07) is 13.0. The van der Waals surface area contributed by atoms with E-state index >= 15 is 0 Å². The van der Waals surface area contributed by atoms with Crippen LogP contribution < -0.4 is 0 Å². The zero-order chi connectivity index (χ0) is 16.2. The molecule has 0 saturated carbocycles. The Kier molecular flexibility index (Phi) is 6.21. The van der Waals surface area contributed by atoms with Crippen LogP contribution in [0.1, 0.15) is 5.56 Å². The molecular weight excluding hydrogens is 402 g/mol. The molecule has 2 heterocycles. The number of alkyl halides is 3. The van der Waals surface area contributed by atoms with Gasteiger partial charge in [0.05, 0.1) is 5.56 Å². The van der Waals surface area contributed by atoms with E-state index in [-0.39, 0.29) is 0 Å². The van der Waals surface area contributed by atoms with Crippen LogP contribution in [0.25, 0.3) is 20.2 Å². The summed E-state index contributed by atoms with van der Waals surface area (Å²) in [7, 11) is 4.76. The summed E-state index contributed by atoms with van der Waals surface area (Å²) in [4.78, 5) is 3.18. The molecule has 0 N–H and O–H groups in total. The van der Waals surface area contributed by atoms with Gasteiger partial charge in [-0.15, -0.1) is 21.6 Å². The van der Waals surface area contributed by atoms with Crippen molar-refractivity contribution in [3.05, 3.63) is 59.5 Å². The summed E-state index contributed by atoms with van der Waals surface area (Å²) >= 11 is 3.94. The van der Waals surface area contributed by atoms with Gasteiger partial charge in [0.25, 0.3) is 0 Å². The Hall–Kier alpha value is -0.677. The van der Waals surface area contributed by atoms with Gasteiger partial charge >= 0.3 is 33.2 Å². The Labute approximate surface area is 148 Å². The van der Waals surface area contributed by atoms with Gasteiger partial charge in [0, 0.05) is 4.88 Å². The van der Waals surface area contributed by atoms with Crippen molar-refractivity contribution < 1.29 is 30.5 Å². The third-order valence-corrected chi connectivity index (χ3v) is 4.94. The van der Waals surface area contributed by atoms with Gasteiger partial charge in [-0.05, 0) is 28.6 Å². The van der Waals surface area contributed by atoms with Crippen LogP contribution in [-0.4, -0.2) is 0 Å². The average Bonchev–Trinajstić information content (AvgIpc) is 3.20. The Morgan fingerprint density at radius 3 is 2.05 bits per heavy atom. The number of hydrogen-bond acceptors (Lipinski definition) is 2. The van der Waals surface area contributed by atoms with Gasteiger partial charge < -0.3 is 0 Å². The molecule has 2 aromatic heterocycles. The molecule has 0 bridgehead atoms. The molecule has 1 aromatic carbocycles. The van der Waals surface area contributed by atoms with Crippen LogP contribution in [0.15, 0.2) is 48.5 Å². The first-order valence-electron chi connectivity index (χ1n) is 6.04. The van der Waals surface area contributed by atoms with E-state index < -0.39 is 11.7 Å². The van der Waals surface area contributed by atoms with Crippen molar-refractivity contribution in [3.63, 3.8) is 0 Å². The molecule has 0 unspecified atom stereocenters. The summed E-state index contributed by atoms with van der Waals surface area (Å²) in [5, 5.41) is 3.02. The zero-order valence-corrected chi connectivity index (χ0v) is 16.5. The van der Waals surface area contributed by atoms with Gasteiger partial charge in [-0.1, -0.05) is 18.2 Å². The molecule has 0 aliphatic heterocycles. The molecule has 0 aliphatic carbocycles. The average molecular weight is 410 g/mol. The molecule has 110 valence electrons. The van der Waals surface area contributed by atoms with E-state index in [4.69, 9.17) is 9.69 Å². The molecule has 0 fully saturated rings. The third-order valence-electron chi connectivity index (χ3n) is 2.82.